The lowest BCUT2D eigenvalue weighted by Crippen LogP contribution is -2.31. The van der Waals surface area contributed by atoms with Crippen molar-refractivity contribution in [3.8, 4) is 0 Å². The van der Waals surface area contributed by atoms with E-state index < -0.39 is 18.9 Å². The monoisotopic (exact) mass is 235 g/mol. The van der Waals surface area contributed by atoms with Crippen LogP contribution >= 0.6 is 11.6 Å². The lowest BCUT2D eigenvalue weighted by atomic mass is 10.4. The van der Waals surface area contributed by atoms with Crippen LogP contribution in [0.1, 0.15) is 10.5 Å². The first-order chi connectivity index (χ1) is 7.00. The number of aromatic nitrogens is 2. The van der Waals surface area contributed by atoms with E-state index in [0.29, 0.717) is 0 Å². The Bertz CT molecular complexity index is 361. The van der Waals surface area contributed by atoms with Crippen LogP contribution in [-0.2, 0) is 0 Å². The van der Waals surface area contributed by atoms with Crippen molar-refractivity contribution in [3.05, 3.63) is 23.2 Å². The number of hydrogen-bond acceptors (Lipinski definition) is 3. The summed E-state index contributed by atoms with van der Waals surface area (Å²) in [6, 6.07) is 0. The molecule has 0 radical (unpaired) electrons. The molecule has 1 rings (SSSR count). The van der Waals surface area contributed by atoms with Crippen molar-refractivity contribution in [2.75, 3.05) is 13.6 Å². The van der Waals surface area contributed by atoms with Crippen molar-refractivity contribution in [1.82, 2.24) is 14.9 Å². The Balaban J connectivity index is 2.76. The van der Waals surface area contributed by atoms with E-state index in [1.807, 2.05) is 0 Å². The van der Waals surface area contributed by atoms with Crippen LogP contribution in [0.5, 0.6) is 0 Å². The van der Waals surface area contributed by atoms with Crippen LogP contribution in [0.15, 0.2) is 12.4 Å². The van der Waals surface area contributed by atoms with Crippen molar-refractivity contribution in [1.29, 1.82) is 0 Å². The average Bonchev–Trinajstić information content (AvgIpc) is 2.15. The minimum atomic E-state index is -2.58. The molecule has 7 heteroatoms. The van der Waals surface area contributed by atoms with Gasteiger partial charge in [-0.15, -0.1) is 0 Å². The molecule has 4 nitrogen and oxygen atoms in total. The maximum atomic E-state index is 12.0. The van der Waals surface area contributed by atoms with Crippen molar-refractivity contribution >= 4 is 17.5 Å². The molecule has 0 unspecified atom stereocenters. The lowest BCUT2D eigenvalue weighted by molar-refractivity contribution is 0.0615. The van der Waals surface area contributed by atoms with E-state index in [-0.39, 0.29) is 10.8 Å². The van der Waals surface area contributed by atoms with Gasteiger partial charge in [0.2, 0.25) is 0 Å². The van der Waals surface area contributed by atoms with E-state index in [9.17, 15) is 13.6 Å². The quantitative estimate of drug-likeness (QED) is 0.797. The average molecular weight is 236 g/mol. The molecule has 1 heterocycles. The fourth-order valence-electron chi connectivity index (χ4n) is 0.931. The van der Waals surface area contributed by atoms with Gasteiger partial charge < -0.3 is 4.90 Å². The molecule has 0 saturated carbocycles. The van der Waals surface area contributed by atoms with Gasteiger partial charge in [0.15, 0.2) is 0 Å². The number of rotatable bonds is 3. The molecule has 1 amide bonds. The maximum Gasteiger partial charge on any atom is 0.274 e. The first-order valence-corrected chi connectivity index (χ1v) is 4.39. The fraction of sp³-hybridized carbons (Fsp3) is 0.375. The molecule has 0 aliphatic heterocycles. The molecule has 1 aromatic rings. The molecule has 0 spiro atoms. The molecule has 1 aromatic heterocycles. The number of halogens is 3. The number of alkyl halides is 2. The Morgan fingerprint density at radius 2 is 2.27 bits per heavy atom. The molecule has 0 bridgehead atoms. The summed E-state index contributed by atoms with van der Waals surface area (Å²) in [5, 5.41) is 0.0475. The molecule has 0 fully saturated rings. The van der Waals surface area contributed by atoms with Crippen molar-refractivity contribution in [2.45, 2.75) is 6.43 Å². The van der Waals surface area contributed by atoms with Crippen molar-refractivity contribution in [2.24, 2.45) is 0 Å². The van der Waals surface area contributed by atoms with Crippen LogP contribution in [0.25, 0.3) is 0 Å². The zero-order chi connectivity index (χ0) is 11.4. The Morgan fingerprint density at radius 1 is 1.60 bits per heavy atom. The first kappa shape index (κ1) is 11.8. The second-order valence-corrected chi connectivity index (χ2v) is 3.19. The summed E-state index contributed by atoms with van der Waals surface area (Å²) in [6.07, 6.45) is -0.146. The number of nitrogens with zero attached hydrogens (tertiary/aromatic N) is 3. The molecule has 0 saturated heterocycles. The van der Waals surface area contributed by atoms with E-state index in [2.05, 4.69) is 9.97 Å². The van der Waals surface area contributed by atoms with Crippen LogP contribution in [0.3, 0.4) is 0 Å². The summed E-state index contributed by atoms with van der Waals surface area (Å²) < 4.78 is 24.0. The highest BCUT2D eigenvalue weighted by atomic mass is 35.5. The normalized spacial score (nSPS) is 10.5. The largest absolute Gasteiger partial charge is 0.335 e. The zero-order valence-electron chi connectivity index (χ0n) is 7.82. The van der Waals surface area contributed by atoms with Gasteiger partial charge in [-0.3, -0.25) is 9.78 Å². The van der Waals surface area contributed by atoms with Gasteiger partial charge in [-0.2, -0.15) is 0 Å². The van der Waals surface area contributed by atoms with Gasteiger partial charge in [0.05, 0.1) is 18.9 Å². The maximum absolute atomic E-state index is 12.0. The van der Waals surface area contributed by atoms with Gasteiger partial charge in [-0.1, -0.05) is 11.6 Å². The lowest BCUT2D eigenvalue weighted by Gasteiger charge is -2.15. The Hall–Kier alpha value is -1.30. The molecule has 0 aliphatic carbocycles. The Kier molecular flexibility index (Phi) is 3.90. The SMILES string of the molecule is CN(CC(F)F)C(=O)c1cncc(Cl)n1. The predicted octanol–water partition coefficient (Wildman–Crippen LogP) is 1.47. The van der Waals surface area contributed by atoms with Gasteiger partial charge in [-0.05, 0) is 0 Å². The molecule has 0 aliphatic rings. The molecule has 0 N–H and O–H groups in total. The zero-order valence-corrected chi connectivity index (χ0v) is 8.58. The highest BCUT2D eigenvalue weighted by Crippen LogP contribution is 2.06. The summed E-state index contributed by atoms with van der Waals surface area (Å²) in [5.74, 6) is -0.634. The van der Waals surface area contributed by atoms with E-state index in [0.717, 1.165) is 4.90 Å². The summed E-state index contributed by atoms with van der Waals surface area (Å²) in [7, 11) is 1.26. The second kappa shape index (κ2) is 4.97. The topological polar surface area (TPSA) is 46.1 Å². The second-order valence-electron chi connectivity index (χ2n) is 2.80. The Morgan fingerprint density at radius 3 is 2.80 bits per heavy atom. The van der Waals surface area contributed by atoms with Gasteiger partial charge in [-0.25, -0.2) is 13.8 Å². The minimum Gasteiger partial charge on any atom is -0.335 e. The number of carbonyl (C=O) groups excluding carboxylic acids is 1. The molecule has 15 heavy (non-hydrogen) atoms. The number of hydrogen-bond donors (Lipinski definition) is 0. The summed E-state index contributed by atoms with van der Waals surface area (Å²) >= 11 is 5.51. The predicted molar refractivity (Wildman–Crippen MR) is 50.0 cm³/mol. The molecule has 82 valence electrons. The standard InChI is InChI=1S/C8H8ClF2N3O/c1-14(4-7(10)11)8(15)5-2-12-3-6(9)13-5/h2-3,7H,4H2,1H3. The van der Waals surface area contributed by atoms with Crippen molar-refractivity contribution in [3.63, 3.8) is 0 Å². The van der Waals surface area contributed by atoms with Crippen LogP contribution in [-0.4, -0.2) is 40.8 Å². The molecular formula is C8H8ClF2N3O. The Labute approximate surface area is 89.9 Å². The van der Waals surface area contributed by atoms with Gasteiger partial charge >= 0.3 is 0 Å². The van der Waals surface area contributed by atoms with Gasteiger partial charge in [0, 0.05) is 7.05 Å². The van der Waals surface area contributed by atoms with Crippen LogP contribution < -0.4 is 0 Å². The van der Waals surface area contributed by atoms with Gasteiger partial charge in [0.1, 0.15) is 10.8 Å². The third-order valence-electron chi connectivity index (χ3n) is 1.58. The highest BCUT2D eigenvalue weighted by molar-refractivity contribution is 6.29. The van der Waals surface area contributed by atoms with Gasteiger partial charge in [0.25, 0.3) is 12.3 Å². The third-order valence-corrected chi connectivity index (χ3v) is 1.76. The summed E-state index contributed by atoms with van der Waals surface area (Å²) in [6.45, 7) is -0.646. The molecule has 0 aromatic carbocycles. The number of amides is 1. The summed E-state index contributed by atoms with van der Waals surface area (Å²) in [5.41, 5.74) is -0.0503. The van der Waals surface area contributed by atoms with Crippen LogP contribution in [0.4, 0.5) is 8.78 Å². The third kappa shape index (κ3) is 3.39. The molecular weight excluding hydrogens is 228 g/mol. The summed E-state index contributed by atoms with van der Waals surface area (Å²) in [4.78, 5) is 19.6. The van der Waals surface area contributed by atoms with E-state index >= 15 is 0 Å². The van der Waals surface area contributed by atoms with E-state index in [1.54, 1.807) is 0 Å². The highest BCUT2D eigenvalue weighted by Gasteiger charge is 2.17. The number of carbonyl (C=O) groups is 1. The first-order valence-electron chi connectivity index (χ1n) is 4.02. The van der Waals surface area contributed by atoms with Crippen LogP contribution in [0, 0.1) is 0 Å². The fourth-order valence-corrected chi connectivity index (χ4v) is 1.08. The van der Waals surface area contributed by atoms with E-state index in [4.69, 9.17) is 11.6 Å². The smallest absolute Gasteiger partial charge is 0.274 e. The molecule has 0 atom stereocenters. The van der Waals surface area contributed by atoms with Crippen molar-refractivity contribution < 1.29 is 13.6 Å². The van der Waals surface area contributed by atoms with Crippen LogP contribution in [0.2, 0.25) is 5.15 Å². The minimum absolute atomic E-state index is 0.0475. The van der Waals surface area contributed by atoms with E-state index in [1.165, 1.54) is 19.4 Å².